The largest absolute Gasteiger partial charge is 0.368 e. The van der Waals surface area contributed by atoms with Crippen molar-refractivity contribution in [3.63, 3.8) is 0 Å². The van der Waals surface area contributed by atoms with Crippen LogP contribution < -0.4 is 16.0 Å². The van der Waals surface area contributed by atoms with Crippen LogP contribution in [0.2, 0.25) is 0 Å². The van der Waals surface area contributed by atoms with Crippen LogP contribution in [0, 0.1) is 11.8 Å². The van der Waals surface area contributed by atoms with Crippen LogP contribution in [0.3, 0.4) is 0 Å². The molecular formula is C15H23N5. The average Bonchev–Trinajstić information content (AvgIpc) is 2.99. The lowest BCUT2D eigenvalue weighted by atomic mass is 9.86. The molecule has 20 heavy (non-hydrogen) atoms. The van der Waals surface area contributed by atoms with Crippen LogP contribution in [0.15, 0.2) is 6.07 Å². The first-order chi connectivity index (χ1) is 9.72. The van der Waals surface area contributed by atoms with Crippen LogP contribution >= 0.6 is 0 Å². The number of nitrogen functional groups attached to an aromatic ring is 1. The van der Waals surface area contributed by atoms with Crippen LogP contribution in [-0.4, -0.2) is 36.1 Å². The lowest BCUT2D eigenvalue weighted by molar-refractivity contribution is 0.412. The van der Waals surface area contributed by atoms with Gasteiger partial charge >= 0.3 is 0 Å². The molecule has 0 radical (unpaired) electrons. The second-order valence-corrected chi connectivity index (χ2v) is 6.68. The summed E-state index contributed by atoms with van der Waals surface area (Å²) in [5.41, 5.74) is 7.13. The number of nitrogens with one attached hydrogen (secondary N) is 1. The minimum atomic E-state index is 0.438. The number of anilines is 2. The Morgan fingerprint density at radius 1 is 1.25 bits per heavy atom. The number of fused-ring (bicyclic) bond motifs is 2. The van der Waals surface area contributed by atoms with Crippen molar-refractivity contribution in [1.29, 1.82) is 0 Å². The number of nitrogens with two attached hydrogens (primary N) is 1. The summed E-state index contributed by atoms with van der Waals surface area (Å²) in [7, 11) is 2.01. The lowest BCUT2D eigenvalue weighted by Crippen LogP contribution is -2.57. The fraction of sp³-hybridized carbons (Fsp3) is 0.733. The van der Waals surface area contributed by atoms with Crippen molar-refractivity contribution in [2.45, 2.75) is 37.6 Å². The molecule has 2 bridgehead atoms. The molecular weight excluding hydrogens is 250 g/mol. The van der Waals surface area contributed by atoms with Gasteiger partial charge in [0.25, 0.3) is 0 Å². The Bertz CT molecular complexity index is 511. The van der Waals surface area contributed by atoms with E-state index in [0.717, 1.165) is 30.7 Å². The summed E-state index contributed by atoms with van der Waals surface area (Å²) in [6, 6.07) is 2.77. The Morgan fingerprint density at radius 2 is 2.10 bits per heavy atom. The molecule has 2 heterocycles. The molecule has 1 aromatic rings. The van der Waals surface area contributed by atoms with Crippen LogP contribution in [0.5, 0.6) is 0 Å². The van der Waals surface area contributed by atoms with E-state index < -0.39 is 0 Å². The second kappa shape index (κ2) is 4.58. The number of aromatic nitrogens is 2. The molecule has 3 aliphatic rings. The zero-order valence-electron chi connectivity index (χ0n) is 12.0. The summed E-state index contributed by atoms with van der Waals surface area (Å²) < 4.78 is 0. The van der Waals surface area contributed by atoms with Gasteiger partial charge in [0, 0.05) is 31.1 Å². The molecule has 1 unspecified atom stereocenters. The molecule has 4 rings (SSSR count). The number of hydrogen-bond donors (Lipinski definition) is 2. The summed E-state index contributed by atoms with van der Waals surface area (Å²) in [6.45, 7) is 2.03. The molecule has 2 aliphatic carbocycles. The fourth-order valence-electron chi connectivity index (χ4n) is 4.28. The van der Waals surface area contributed by atoms with Crippen molar-refractivity contribution in [3.8, 4) is 0 Å². The third-order valence-electron chi connectivity index (χ3n) is 5.48. The van der Waals surface area contributed by atoms with Crippen molar-refractivity contribution in [1.82, 2.24) is 15.3 Å². The third kappa shape index (κ3) is 1.95. The van der Waals surface area contributed by atoms with Crippen LogP contribution in [0.1, 0.15) is 37.3 Å². The van der Waals surface area contributed by atoms with Crippen LogP contribution in [0.4, 0.5) is 11.8 Å². The summed E-state index contributed by atoms with van der Waals surface area (Å²) in [6.07, 6.45) is 5.50. The smallest absolute Gasteiger partial charge is 0.222 e. The molecule has 1 saturated heterocycles. The van der Waals surface area contributed by atoms with Crippen molar-refractivity contribution in [2.24, 2.45) is 11.8 Å². The minimum Gasteiger partial charge on any atom is -0.368 e. The van der Waals surface area contributed by atoms with Gasteiger partial charge in [-0.05, 0) is 38.1 Å². The molecule has 1 aromatic heterocycles. The third-order valence-corrected chi connectivity index (χ3v) is 5.48. The first-order valence-electron chi connectivity index (χ1n) is 7.79. The zero-order valence-corrected chi connectivity index (χ0v) is 12.0. The van der Waals surface area contributed by atoms with E-state index in [1.54, 1.807) is 0 Å². The first-order valence-corrected chi connectivity index (χ1v) is 7.79. The predicted octanol–water partition coefficient (Wildman–Crippen LogP) is 1.37. The Morgan fingerprint density at radius 3 is 2.75 bits per heavy atom. The van der Waals surface area contributed by atoms with Gasteiger partial charge in [-0.15, -0.1) is 0 Å². The van der Waals surface area contributed by atoms with E-state index in [4.69, 9.17) is 5.73 Å². The maximum Gasteiger partial charge on any atom is 0.222 e. The summed E-state index contributed by atoms with van der Waals surface area (Å²) in [5, 5.41) is 3.29. The number of likely N-dealkylation sites (N-methyl/N-ethyl adjacent to an activating group) is 1. The van der Waals surface area contributed by atoms with Crippen LogP contribution in [0.25, 0.3) is 0 Å². The monoisotopic (exact) mass is 273 g/mol. The lowest BCUT2D eigenvalue weighted by Gasteiger charge is -2.40. The fourth-order valence-corrected chi connectivity index (χ4v) is 4.28. The average molecular weight is 273 g/mol. The van der Waals surface area contributed by atoms with E-state index in [1.165, 1.54) is 31.4 Å². The standard InChI is InChI=1S/C15H23N5/c1-17-11-7-20(8-11)14-6-13(18-15(16)19-14)12-5-9-2-3-10(12)4-9/h6,9-12,17H,2-5,7-8H2,1H3,(H2,16,18,19)/t9-,10?,12+/m0/s1. The molecule has 0 aromatic carbocycles. The maximum atomic E-state index is 5.94. The van der Waals surface area contributed by atoms with E-state index in [1.807, 2.05) is 7.05 Å². The van der Waals surface area contributed by atoms with Gasteiger partial charge in [-0.25, -0.2) is 4.98 Å². The summed E-state index contributed by atoms with van der Waals surface area (Å²) in [5.74, 6) is 3.85. The van der Waals surface area contributed by atoms with Gasteiger partial charge in [0.15, 0.2) is 0 Å². The predicted molar refractivity (Wildman–Crippen MR) is 79.7 cm³/mol. The molecule has 3 atom stereocenters. The van der Waals surface area contributed by atoms with E-state index in [9.17, 15) is 0 Å². The molecule has 108 valence electrons. The summed E-state index contributed by atoms with van der Waals surface area (Å²) in [4.78, 5) is 11.2. The molecule has 0 amide bonds. The van der Waals surface area contributed by atoms with Crippen LogP contribution in [-0.2, 0) is 0 Å². The molecule has 3 N–H and O–H groups in total. The van der Waals surface area contributed by atoms with Gasteiger partial charge in [-0.2, -0.15) is 4.98 Å². The Labute approximate surface area is 120 Å². The van der Waals surface area contributed by atoms with Gasteiger partial charge in [0.1, 0.15) is 5.82 Å². The maximum absolute atomic E-state index is 5.94. The van der Waals surface area contributed by atoms with Gasteiger partial charge in [-0.3, -0.25) is 0 Å². The van der Waals surface area contributed by atoms with E-state index >= 15 is 0 Å². The quantitative estimate of drug-likeness (QED) is 0.870. The van der Waals surface area contributed by atoms with Crippen molar-refractivity contribution >= 4 is 11.8 Å². The molecule has 2 saturated carbocycles. The van der Waals surface area contributed by atoms with Gasteiger partial charge in [-0.1, -0.05) is 6.42 Å². The molecule has 5 nitrogen and oxygen atoms in total. The van der Waals surface area contributed by atoms with Gasteiger partial charge in [0.2, 0.25) is 5.95 Å². The Kier molecular flexibility index (Phi) is 2.84. The van der Waals surface area contributed by atoms with E-state index in [-0.39, 0.29) is 0 Å². The number of nitrogens with zero attached hydrogens (tertiary/aromatic N) is 3. The second-order valence-electron chi connectivity index (χ2n) is 6.68. The highest BCUT2D eigenvalue weighted by molar-refractivity contribution is 5.47. The topological polar surface area (TPSA) is 67.1 Å². The highest BCUT2D eigenvalue weighted by Gasteiger charge is 2.41. The van der Waals surface area contributed by atoms with Crippen molar-refractivity contribution in [3.05, 3.63) is 11.8 Å². The molecule has 1 aliphatic heterocycles. The van der Waals surface area contributed by atoms with Crippen molar-refractivity contribution < 1.29 is 0 Å². The zero-order chi connectivity index (χ0) is 13.7. The summed E-state index contributed by atoms with van der Waals surface area (Å²) >= 11 is 0. The number of hydrogen-bond acceptors (Lipinski definition) is 5. The van der Waals surface area contributed by atoms with Gasteiger partial charge in [0.05, 0.1) is 5.69 Å². The van der Waals surface area contributed by atoms with Gasteiger partial charge < -0.3 is 16.0 Å². The highest BCUT2D eigenvalue weighted by Crippen LogP contribution is 2.52. The SMILES string of the molecule is CNC1CN(c2cc([C@@H]3C[C@H]4CCC3C4)nc(N)n2)C1. The minimum absolute atomic E-state index is 0.438. The van der Waals surface area contributed by atoms with E-state index in [2.05, 4.69) is 26.3 Å². The Hall–Kier alpha value is -1.36. The van der Waals surface area contributed by atoms with Crippen molar-refractivity contribution in [2.75, 3.05) is 30.8 Å². The number of rotatable bonds is 3. The highest BCUT2D eigenvalue weighted by atomic mass is 15.3. The normalized spacial score (nSPS) is 32.6. The first kappa shape index (κ1) is 12.4. The van der Waals surface area contributed by atoms with E-state index in [0.29, 0.717) is 17.9 Å². The molecule has 3 fully saturated rings. The molecule has 0 spiro atoms. The molecule has 5 heteroatoms. The Balaban J connectivity index is 1.57.